The second kappa shape index (κ2) is 8.36. The van der Waals surface area contributed by atoms with Crippen LogP contribution in [0.4, 0.5) is 9.59 Å². The predicted molar refractivity (Wildman–Crippen MR) is 85.1 cm³/mol. The number of carbonyl (C=O) groups is 3. The maximum atomic E-state index is 12.1. The number of rotatable bonds is 5. The summed E-state index contributed by atoms with van der Waals surface area (Å²) in [6.07, 6.45) is 2.17. The van der Waals surface area contributed by atoms with E-state index >= 15 is 0 Å². The van der Waals surface area contributed by atoms with Gasteiger partial charge in [-0.1, -0.05) is 18.7 Å². The van der Waals surface area contributed by atoms with E-state index in [1.54, 1.807) is 27.1 Å². The van der Waals surface area contributed by atoms with Crippen LogP contribution in [0.3, 0.4) is 0 Å². The molecule has 1 fully saturated rings. The Hall–Kier alpha value is -2.31. The first-order valence-corrected chi connectivity index (χ1v) is 7.37. The fourth-order valence-electron chi connectivity index (χ4n) is 2.15. The van der Waals surface area contributed by atoms with E-state index in [0.717, 1.165) is 0 Å². The summed E-state index contributed by atoms with van der Waals surface area (Å²) in [5.41, 5.74) is 0.552. The second-order valence-corrected chi connectivity index (χ2v) is 5.63. The standard InChI is InChI=1S/C16H24N2O5/c1-6-7-22-16(21)18-10-14(23-15(20)17(4)5)9-13(18)8-11(2)12(3)19/h6,8,13-14H,1,7,9-10H2,2-5H3/b11-8+/t13-,14-/m1/s1. The number of ether oxygens (including phenoxy) is 2. The Labute approximate surface area is 136 Å². The highest BCUT2D eigenvalue weighted by atomic mass is 16.6. The van der Waals surface area contributed by atoms with Crippen LogP contribution >= 0.6 is 0 Å². The highest BCUT2D eigenvalue weighted by Crippen LogP contribution is 2.24. The van der Waals surface area contributed by atoms with Crippen LogP contribution in [0.5, 0.6) is 0 Å². The molecule has 128 valence electrons. The highest BCUT2D eigenvalue weighted by Gasteiger charge is 2.37. The van der Waals surface area contributed by atoms with Gasteiger partial charge in [-0.2, -0.15) is 0 Å². The topological polar surface area (TPSA) is 76.2 Å². The molecule has 2 amide bonds. The molecule has 1 aliphatic rings. The molecule has 0 aromatic rings. The number of likely N-dealkylation sites (tertiary alicyclic amines) is 1. The average Bonchev–Trinajstić information content (AvgIpc) is 2.86. The molecule has 1 heterocycles. The number of allylic oxidation sites excluding steroid dienone is 1. The van der Waals surface area contributed by atoms with Gasteiger partial charge in [0.15, 0.2) is 5.78 Å². The highest BCUT2D eigenvalue weighted by molar-refractivity contribution is 5.92. The van der Waals surface area contributed by atoms with E-state index in [2.05, 4.69) is 6.58 Å². The van der Waals surface area contributed by atoms with Crippen LogP contribution in [-0.2, 0) is 14.3 Å². The van der Waals surface area contributed by atoms with Crippen molar-refractivity contribution in [3.8, 4) is 0 Å². The molecule has 7 nitrogen and oxygen atoms in total. The summed E-state index contributed by atoms with van der Waals surface area (Å²) in [5, 5.41) is 0. The van der Waals surface area contributed by atoms with Crippen molar-refractivity contribution in [3.63, 3.8) is 0 Å². The Morgan fingerprint density at radius 2 is 1.96 bits per heavy atom. The van der Waals surface area contributed by atoms with Gasteiger partial charge >= 0.3 is 12.2 Å². The third-order valence-electron chi connectivity index (χ3n) is 3.49. The van der Waals surface area contributed by atoms with Crippen molar-refractivity contribution < 1.29 is 23.9 Å². The molecule has 0 aromatic carbocycles. The van der Waals surface area contributed by atoms with E-state index in [1.165, 1.54) is 22.8 Å². The summed E-state index contributed by atoms with van der Waals surface area (Å²) in [5.74, 6) is -0.0712. The van der Waals surface area contributed by atoms with Crippen LogP contribution in [0.15, 0.2) is 24.3 Å². The molecule has 0 radical (unpaired) electrons. The minimum atomic E-state index is -0.522. The van der Waals surface area contributed by atoms with E-state index in [0.29, 0.717) is 12.0 Å². The molecule has 1 aliphatic heterocycles. The van der Waals surface area contributed by atoms with Crippen molar-refractivity contribution in [1.29, 1.82) is 0 Å². The number of Topliss-reactive ketones (excluding diaryl/α,β-unsaturated/α-hetero) is 1. The monoisotopic (exact) mass is 324 g/mol. The molecule has 2 atom stereocenters. The smallest absolute Gasteiger partial charge is 0.410 e. The van der Waals surface area contributed by atoms with Crippen molar-refractivity contribution in [1.82, 2.24) is 9.80 Å². The van der Waals surface area contributed by atoms with Crippen molar-refractivity contribution in [2.24, 2.45) is 0 Å². The zero-order valence-corrected chi connectivity index (χ0v) is 14.1. The van der Waals surface area contributed by atoms with Crippen LogP contribution in [0.2, 0.25) is 0 Å². The predicted octanol–water partition coefficient (Wildman–Crippen LogP) is 1.99. The molecule has 0 bridgehead atoms. The maximum absolute atomic E-state index is 12.1. The zero-order valence-electron chi connectivity index (χ0n) is 14.1. The fourth-order valence-corrected chi connectivity index (χ4v) is 2.15. The summed E-state index contributed by atoms with van der Waals surface area (Å²) < 4.78 is 10.4. The van der Waals surface area contributed by atoms with Gasteiger partial charge in [-0.15, -0.1) is 0 Å². The van der Waals surface area contributed by atoms with Gasteiger partial charge in [0.1, 0.15) is 12.7 Å². The lowest BCUT2D eigenvalue weighted by Crippen LogP contribution is -2.36. The third-order valence-corrected chi connectivity index (χ3v) is 3.49. The van der Waals surface area contributed by atoms with Crippen molar-refractivity contribution in [2.45, 2.75) is 32.4 Å². The molecule has 0 spiro atoms. The van der Waals surface area contributed by atoms with Crippen molar-refractivity contribution >= 4 is 18.0 Å². The average molecular weight is 324 g/mol. The zero-order chi connectivity index (χ0) is 17.6. The number of hydrogen-bond donors (Lipinski definition) is 0. The number of nitrogens with zero attached hydrogens (tertiary/aromatic N) is 2. The van der Waals surface area contributed by atoms with Crippen LogP contribution in [0, 0.1) is 0 Å². The molecular weight excluding hydrogens is 300 g/mol. The number of hydrogen-bond acceptors (Lipinski definition) is 5. The van der Waals surface area contributed by atoms with Crippen LogP contribution < -0.4 is 0 Å². The van der Waals surface area contributed by atoms with Crippen molar-refractivity contribution in [2.75, 3.05) is 27.2 Å². The minimum Gasteiger partial charge on any atom is -0.445 e. The molecule has 0 aliphatic carbocycles. The molecule has 7 heteroatoms. The normalized spacial score (nSPS) is 20.9. The second-order valence-electron chi connectivity index (χ2n) is 5.63. The van der Waals surface area contributed by atoms with Gasteiger partial charge in [-0.3, -0.25) is 9.69 Å². The Balaban J connectivity index is 2.87. The van der Waals surface area contributed by atoms with Gasteiger partial charge in [0.2, 0.25) is 0 Å². The summed E-state index contributed by atoms with van der Waals surface area (Å²) >= 11 is 0. The van der Waals surface area contributed by atoms with Crippen LogP contribution in [0.1, 0.15) is 20.3 Å². The Kier molecular flexibility index (Phi) is 6.81. The van der Waals surface area contributed by atoms with Crippen LogP contribution in [0.25, 0.3) is 0 Å². The molecule has 1 saturated heterocycles. The minimum absolute atomic E-state index is 0.0712. The van der Waals surface area contributed by atoms with E-state index in [4.69, 9.17) is 9.47 Å². The maximum Gasteiger partial charge on any atom is 0.410 e. The number of amides is 2. The number of carbonyl (C=O) groups excluding carboxylic acids is 3. The first kappa shape index (κ1) is 18.7. The lowest BCUT2D eigenvalue weighted by atomic mass is 10.1. The fraction of sp³-hybridized carbons (Fsp3) is 0.562. The first-order valence-electron chi connectivity index (χ1n) is 7.37. The molecular formula is C16H24N2O5. The number of ketones is 1. The van der Waals surface area contributed by atoms with Gasteiger partial charge in [0.05, 0.1) is 12.6 Å². The molecule has 1 rings (SSSR count). The molecule has 0 N–H and O–H groups in total. The van der Waals surface area contributed by atoms with Crippen LogP contribution in [-0.4, -0.2) is 67.2 Å². The summed E-state index contributed by atoms with van der Waals surface area (Å²) in [6.45, 7) is 6.97. The van der Waals surface area contributed by atoms with Gasteiger partial charge in [0.25, 0.3) is 0 Å². The van der Waals surface area contributed by atoms with E-state index < -0.39 is 18.3 Å². The van der Waals surface area contributed by atoms with Gasteiger partial charge in [0, 0.05) is 20.5 Å². The largest absolute Gasteiger partial charge is 0.445 e. The van der Waals surface area contributed by atoms with Gasteiger partial charge in [-0.25, -0.2) is 9.59 Å². The Bertz CT molecular complexity index is 513. The molecule has 0 unspecified atom stereocenters. The first-order chi connectivity index (χ1) is 10.8. The SMILES string of the molecule is C=CCOC(=O)N1C[C@H](OC(=O)N(C)C)C[C@H]1/C=C(\C)C(C)=O. The summed E-state index contributed by atoms with van der Waals surface area (Å²) in [7, 11) is 3.18. The summed E-state index contributed by atoms with van der Waals surface area (Å²) in [6, 6.07) is -0.351. The lowest BCUT2D eigenvalue weighted by Gasteiger charge is -2.21. The van der Waals surface area contributed by atoms with Gasteiger partial charge < -0.3 is 14.4 Å². The lowest BCUT2D eigenvalue weighted by molar-refractivity contribution is -0.113. The van der Waals surface area contributed by atoms with E-state index in [9.17, 15) is 14.4 Å². The third kappa shape index (κ3) is 5.43. The van der Waals surface area contributed by atoms with E-state index in [-0.39, 0.29) is 25.0 Å². The van der Waals surface area contributed by atoms with Gasteiger partial charge in [-0.05, 0) is 19.4 Å². The summed E-state index contributed by atoms with van der Waals surface area (Å²) in [4.78, 5) is 38.0. The Morgan fingerprint density at radius 3 is 2.48 bits per heavy atom. The van der Waals surface area contributed by atoms with E-state index in [1.807, 2.05) is 0 Å². The van der Waals surface area contributed by atoms with Crippen molar-refractivity contribution in [3.05, 3.63) is 24.3 Å². The molecule has 0 aromatic heterocycles. The molecule has 0 saturated carbocycles. The molecule has 23 heavy (non-hydrogen) atoms. The quantitative estimate of drug-likeness (QED) is 0.571. The Morgan fingerprint density at radius 1 is 1.30 bits per heavy atom.